The molecule has 1 heterocycles. The number of hydrogen-bond acceptors (Lipinski definition) is 11. The van der Waals surface area contributed by atoms with Crippen molar-refractivity contribution in [2.24, 2.45) is 5.84 Å². The number of nitrogens with two attached hydrogens (primary N) is 1. The van der Waals surface area contributed by atoms with Gasteiger partial charge in [0.1, 0.15) is 6.04 Å². The monoisotopic (exact) mass is 661 g/mol. The summed E-state index contributed by atoms with van der Waals surface area (Å²) in [6.07, 6.45) is 2.57. The fourth-order valence-corrected chi connectivity index (χ4v) is 6.00. The normalized spacial score (nSPS) is 12.2. The number of thioether (sulfide) groups is 1. The maximum Gasteiger partial charge on any atom is 0.411 e. The maximum absolute atomic E-state index is 14.5. The smallest absolute Gasteiger partial charge is 0.411 e. The van der Waals surface area contributed by atoms with E-state index in [-0.39, 0.29) is 11.7 Å². The van der Waals surface area contributed by atoms with Crippen LogP contribution >= 0.6 is 11.8 Å². The van der Waals surface area contributed by atoms with Gasteiger partial charge in [0, 0.05) is 33.6 Å². The van der Waals surface area contributed by atoms with Crippen molar-refractivity contribution in [1.82, 2.24) is 10.3 Å². The zero-order valence-corrected chi connectivity index (χ0v) is 27.9. The van der Waals surface area contributed by atoms with E-state index < -0.39 is 30.1 Å². The number of anilines is 2. The Kier molecular flexibility index (Phi) is 11.9. The first-order valence-corrected chi connectivity index (χ1v) is 15.6. The summed E-state index contributed by atoms with van der Waals surface area (Å²) in [5.74, 6) is 6.62. The van der Waals surface area contributed by atoms with Crippen LogP contribution in [0, 0.1) is 0 Å². The van der Waals surface area contributed by atoms with Gasteiger partial charge in [-0.15, -0.1) is 11.8 Å². The summed E-state index contributed by atoms with van der Waals surface area (Å²) in [5, 5.41) is 9.04. The molecule has 4 N–H and O–H groups in total. The van der Waals surface area contributed by atoms with Crippen molar-refractivity contribution in [2.75, 3.05) is 38.8 Å². The number of rotatable bonds is 13. The largest absolute Gasteiger partial charge is 0.493 e. The van der Waals surface area contributed by atoms with E-state index in [0.717, 1.165) is 15.7 Å². The number of aromatic nitrogens is 1. The SMILES string of the molecule is COC(=O)CC(NC(=O)[C@@H](c1ccc(OC)c(OC)c1)N(N)c1ccc2cnccc2c1)c1cc(NC(=O)OC)ccc1SC(C)C. The number of nitrogens with one attached hydrogen (secondary N) is 2. The number of methoxy groups -OCH3 is 4. The highest BCUT2D eigenvalue weighted by Crippen LogP contribution is 2.37. The van der Waals surface area contributed by atoms with E-state index in [2.05, 4.69) is 15.6 Å². The summed E-state index contributed by atoms with van der Waals surface area (Å²) in [6.45, 7) is 4.06. The van der Waals surface area contributed by atoms with Crippen molar-refractivity contribution in [3.05, 3.63) is 84.2 Å². The molecular weight excluding hydrogens is 622 g/mol. The molecular formula is C34H39N5O7S. The van der Waals surface area contributed by atoms with E-state index in [0.29, 0.717) is 34.0 Å². The van der Waals surface area contributed by atoms with Crippen LogP contribution in [0.25, 0.3) is 10.8 Å². The van der Waals surface area contributed by atoms with Gasteiger partial charge in [0.25, 0.3) is 0 Å². The molecule has 0 saturated heterocycles. The van der Waals surface area contributed by atoms with Gasteiger partial charge in [-0.1, -0.05) is 26.0 Å². The number of ether oxygens (including phenoxy) is 4. The molecule has 3 aromatic carbocycles. The Balaban J connectivity index is 1.82. The van der Waals surface area contributed by atoms with Gasteiger partial charge >= 0.3 is 12.1 Å². The number of hydrogen-bond donors (Lipinski definition) is 3. The first kappa shape index (κ1) is 34.9. The van der Waals surface area contributed by atoms with E-state index in [4.69, 9.17) is 24.8 Å². The molecule has 47 heavy (non-hydrogen) atoms. The zero-order valence-electron chi connectivity index (χ0n) is 27.1. The highest BCUT2D eigenvalue weighted by atomic mass is 32.2. The van der Waals surface area contributed by atoms with E-state index in [9.17, 15) is 14.4 Å². The maximum atomic E-state index is 14.5. The predicted octanol–water partition coefficient (Wildman–Crippen LogP) is 5.77. The van der Waals surface area contributed by atoms with Crippen LogP contribution in [0.4, 0.5) is 16.2 Å². The molecule has 1 aromatic heterocycles. The second kappa shape index (κ2) is 16.0. The number of pyridine rings is 1. The van der Waals surface area contributed by atoms with Crippen molar-refractivity contribution in [1.29, 1.82) is 0 Å². The highest BCUT2D eigenvalue weighted by Gasteiger charge is 2.32. The average molecular weight is 662 g/mol. The lowest BCUT2D eigenvalue weighted by Gasteiger charge is -2.31. The Hall–Kier alpha value is -5.01. The van der Waals surface area contributed by atoms with Gasteiger partial charge in [-0.05, 0) is 65.0 Å². The summed E-state index contributed by atoms with van der Waals surface area (Å²) < 4.78 is 20.8. The number of nitrogens with zero attached hydrogens (tertiary/aromatic N) is 2. The second-order valence-corrected chi connectivity index (χ2v) is 12.3. The van der Waals surface area contributed by atoms with Crippen molar-refractivity contribution in [3.8, 4) is 11.5 Å². The van der Waals surface area contributed by atoms with E-state index in [1.54, 1.807) is 60.6 Å². The zero-order chi connectivity index (χ0) is 34.1. The molecule has 0 aliphatic carbocycles. The molecule has 2 atom stereocenters. The molecule has 13 heteroatoms. The number of amides is 2. The number of fused-ring (bicyclic) bond motifs is 1. The molecule has 4 rings (SSSR count). The molecule has 0 radical (unpaired) electrons. The van der Waals surface area contributed by atoms with Crippen LogP contribution in [0.15, 0.2) is 78.0 Å². The molecule has 0 bridgehead atoms. The van der Waals surface area contributed by atoms with Gasteiger partial charge in [-0.25, -0.2) is 10.6 Å². The quantitative estimate of drug-likeness (QED) is 0.0692. The standard InChI is InChI=1S/C34H39N5O7S/c1-20(2)47-30-12-9-24(37-34(42)46-6)17-26(30)27(18-31(40)45-5)38-33(41)32(22-8-11-28(43-3)29(16-22)44-4)39(35)25-10-7-23-19-36-14-13-21(23)15-25/h7-17,19-20,27,32H,18,35H2,1-6H3,(H,37,42)(H,38,41)/t27?,32-/m1/s1. The molecule has 12 nitrogen and oxygen atoms in total. The topological polar surface area (TPSA) is 154 Å². The lowest BCUT2D eigenvalue weighted by atomic mass is 9.99. The first-order valence-electron chi connectivity index (χ1n) is 14.7. The third kappa shape index (κ3) is 8.63. The molecule has 0 saturated carbocycles. The molecule has 248 valence electrons. The summed E-state index contributed by atoms with van der Waals surface area (Å²) in [4.78, 5) is 44.3. The van der Waals surface area contributed by atoms with Crippen LogP contribution in [0.3, 0.4) is 0 Å². The summed E-state index contributed by atoms with van der Waals surface area (Å²) in [7, 11) is 5.57. The van der Waals surface area contributed by atoms with Crippen molar-refractivity contribution in [3.63, 3.8) is 0 Å². The second-order valence-electron chi connectivity index (χ2n) is 10.7. The van der Waals surface area contributed by atoms with Gasteiger partial charge in [0.2, 0.25) is 5.91 Å². The number of hydrazine groups is 1. The molecule has 0 spiro atoms. The third-order valence-corrected chi connectivity index (χ3v) is 8.36. The van der Waals surface area contributed by atoms with Gasteiger partial charge in [0.05, 0.1) is 46.6 Å². The van der Waals surface area contributed by atoms with E-state index in [1.807, 2.05) is 38.1 Å². The summed E-state index contributed by atoms with van der Waals surface area (Å²) >= 11 is 1.55. The number of carbonyl (C=O) groups excluding carboxylic acids is 3. The Morgan fingerprint density at radius 2 is 1.66 bits per heavy atom. The van der Waals surface area contributed by atoms with Crippen molar-refractivity contribution < 1.29 is 33.3 Å². The Morgan fingerprint density at radius 3 is 2.34 bits per heavy atom. The average Bonchev–Trinajstić information content (AvgIpc) is 3.07. The van der Waals surface area contributed by atoms with Gasteiger partial charge in [-0.2, -0.15) is 0 Å². The molecule has 1 unspecified atom stereocenters. The number of esters is 1. The Bertz CT molecular complexity index is 1730. The van der Waals surface area contributed by atoms with Gasteiger partial charge in [-0.3, -0.25) is 24.9 Å². The number of benzene rings is 3. The van der Waals surface area contributed by atoms with E-state index >= 15 is 0 Å². The van der Waals surface area contributed by atoms with Crippen LogP contribution in [0.2, 0.25) is 0 Å². The van der Waals surface area contributed by atoms with Gasteiger partial charge in [0.15, 0.2) is 11.5 Å². The fourth-order valence-electron chi connectivity index (χ4n) is 5.01. The minimum Gasteiger partial charge on any atom is -0.493 e. The Labute approximate surface area is 277 Å². The fraction of sp³-hybridized carbons (Fsp3) is 0.294. The third-order valence-electron chi connectivity index (χ3n) is 7.27. The lowest BCUT2D eigenvalue weighted by Crippen LogP contribution is -2.46. The first-order chi connectivity index (χ1) is 22.6. The Morgan fingerprint density at radius 1 is 0.894 bits per heavy atom. The molecule has 0 aliphatic heterocycles. The van der Waals surface area contributed by atoms with E-state index in [1.165, 1.54) is 33.4 Å². The molecule has 0 aliphatic rings. The highest BCUT2D eigenvalue weighted by molar-refractivity contribution is 8.00. The summed E-state index contributed by atoms with van der Waals surface area (Å²) in [6, 6.07) is 15.8. The van der Waals surface area contributed by atoms with Crippen LogP contribution in [-0.4, -0.2) is 56.6 Å². The minimum absolute atomic E-state index is 0.171. The lowest BCUT2D eigenvalue weighted by molar-refractivity contribution is -0.141. The van der Waals surface area contributed by atoms with Crippen LogP contribution < -0.4 is 31.0 Å². The van der Waals surface area contributed by atoms with Crippen molar-refractivity contribution >= 4 is 51.9 Å². The molecule has 0 fully saturated rings. The van der Waals surface area contributed by atoms with Crippen molar-refractivity contribution in [2.45, 2.75) is 42.5 Å². The van der Waals surface area contributed by atoms with Crippen LogP contribution in [0.5, 0.6) is 11.5 Å². The van der Waals surface area contributed by atoms with Gasteiger partial charge < -0.3 is 24.3 Å². The molecule has 4 aromatic rings. The minimum atomic E-state index is -1.09. The predicted molar refractivity (Wildman–Crippen MR) is 182 cm³/mol. The number of carbonyl (C=O) groups is 3. The van der Waals surface area contributed by atoms with Crippen LogP contribution in [0.1, 0.15) is 43.5 Å². The molecule has 2 amide bonds. The van der Waals surface area contributed by atoms with Crippen LogP contribution in [-0.2, 0) is 19.1 Å². The summed E-state index contributed by atoms with van der Waals surface area (Å²) in [5.41, 5.74) is 2.09.